The van der Waals surface area contributed by atoms with Gasteiger partial charge in [0.15, 0.2) is 0 Å². The second kappa shape index (κ2) is 5.52. The van der Waals surface area contributed by atoms with E-state index in [0.717, 1.165) is 17.7 Å². The quantitative estimate of drug-likeness (QED) is 0.923. The summed E-state index contributed by atoms with van der Waals surface area (Å²) >= 11 is 2.96. The van der Waals surface area contributed by atoms with Crippen molar-refractivity contribution in [1.29, 1.82) is 0 Å². The first-order valence-corrected chi connectivity index (χ1v) is 6.30. The zero-order chi connectivity index (χ0) is 14.0. The Morgan fingerprint density at radius 1 is 1.37 bits per heavy atom. The highest BCUT2D eigenvalue weighted by molar-refractivity contribution is 9.10. The Bertz CT molecular complexity index is 602. The predicted octanol–water partition coefficient (Wildman–Crippen LogP) is 3.00. The molecule has 0 fully saturated rings. The molecule has 0 saturated heterocycles. The molecule has 0 aliphatic heterocycles. The molecule has 0 aliphatic rings. The summed E-state index contributed by atoms with van der Waals surface area (Å²) in [5.74, 6) is -2.55. The molecule has 3 nitrogen and oxygen atoms in total. The van der Waals surface area contributed by atoms with Crippen molar-refractivity contribution in [2.75, 3.05) is 0 Å². The number of halogens is 3. The molecule has 100 valence electrons. The van der Waals surface area contributed by atoms with E-state index in [9.17, 15) is 13.6 Å². The molecule has 2 aromatic rings. The number of nitrogens with zero attached hydrogens (tertiary/aromatic N) is 1. The molecule has 0 bridgehead atoms. The highest BCUT2D eigenvalue weighted by atomic mass is 79.9. The van der Waals surface area contributed by atoms with Gasteiger partial charge in [0.2, 0.25) is 0 Å². The van der Waals surface area contributed by atoms with Crippen molar-refractivity contribution < 1.29 is 13.6 Å². The van der Waals surface area contributed by atoms with Gasteiger partial charge in [0.25, 0.3) is 5.91 Å². The van der Waals surface area contributed by atoms with Gasteiger partial charge in [0.05, 0.1) is 0 Å². The smallest absolute Gasteiger partial charge is 0.257 e. The van der Waals surface area contributed by atoms with Crippen LogP contribution in [0.3, 0.4) is 0 Å². The van der Waals surface area contributed by atoms with E-state index in [-0.39, 0.29) is 11.0 Å². The van der Waals surface area contributed by atoms with E-state index in [4.69, 9.17) is 0 Å². The lowest BCUT2D eigenvalue weighted by Gasteiger charge is -2.06. The summed E-state index contributed by atoms with van der Waals surface area (Å²) < 4.78 is 29.2. The Hall–Kier alpha value is -1.69. The monoisotopic (exact) mass is 328 g/mol. The summed E-state index contributed by atoms with van der Waals surface area (Å²) in [7, 11) is 1.85. The van der Waals surface area contributed by atoms with Gasteiger partial charge in [0.1, 0.15) is 17.2 Å². The Labute approximate surface area is 117 Å². The summed E-state index contributed by atoms with van der Waals surface area (Å²) in [4.78, 5) is 11.8. The van der Waals surface area contributed by atoms with E-state index in [2.05, 4.69) is 21.2 Å². The van der Waals surface area contributed by atoms with Gasteiger partial charge in [-0.1, -0.05) is 15.9 Å². The van der Waals surface area contributed by atoms with E-state index in [1.54, 1.807) is 0 Å². The van der Waals surface area contributed by atoms with Crippen LogP contribution in [0, 0.1) is 11.6 Å². The summed E-state index contributed by atoms with van der Waals surface area (Å²) in [6.07, 6.45) is 3.64. The second-order valence-electron chi connectivity index (χ2n) is 4.11. The average Bonchev–Trinajstić information content (AvgIpc) is 2.71. The first-order chi connectivity index (χ1) is 8.97. The number of nitrogens with one attached hydrogen (secondary N) is 1. The summed E-state index contributed by atoms with van der Waals surface area (Å²) in [5.41, 5.74) is 0.285. The zero-order valence-corrected chi connectivity index (χ0v) is 11.7. The Balaban J connectivity index is 2.12. The SMILES string of the molecule is Cn1ccc(CNC(=O)c2c(F)cc(Br)cc2F)c1. The van der Waals surface area contributed by atoms with Crippen LogP contribution in [0.1, 0.15) is 15.9 Å². The molecule has 1 aromatic heterocycles. The van der Waals surface area contributed by atoms with Crippen LogP contribution < -0.4 is 5.32 Å². The highest BCUT2D eigenvalue weighted by Gasteiger charge is 2.18. The van der Waals surface area contributed by atoms with Gasteiger partial charge in [-0.15, -0.1) is 0 Å². The fourth-order valence-corrected chi connectivity index (χ4v) is 2.10. The molecule has 19 heavy (non-hydrogen) atoms. The first-order valence-electron chi connectivity index (χ1n) is 5.51. The molecule has 0 spiro atoms. The lowest BCUT2D eigenvalue weighted by molar-refractivity contribution is 0.0942. The maximum atomic E-state index is 13.6. The van der Waals surface area contributed by atoms with Gasteiger partial charge < -0.3 is 9.88 Å². The number of benzene rings is 1. The zero-order valence-electron chi connectivity index (χ0n) is 10.1. The molecule has 0 aliphatic carbocycles. The standard InChI is InChI=1S/C13H11BrF2N2O/c1-18-3-2-8(7-18)6-17-13(19)12-10(15)4-9(14)5-11(12)16/h2-5,7H,6H2,1H3,(H,17,19). The van der Waals surface area contributed by atoms with E-state index in [1.165, 1.54) is 0 Å². The van der Waals surface area contributed by atoms with Gasteiger partial charge >= 0.3 is 0 Å². The van der Waals surface area contributed by atoms with Crippen LogP contribution in [0.2, 0.25) is 0 Å². The fourth-order valence-electron chi connectivity index (χ4n) is 1.70. The topological polar surface area (TPSA) is 34.0 Å². The molecule has 1 amide bonds. The van der Waals surface area contributed by atoms with Crippen LogP contribution in [-0.2, 0) is 13.6 Å². The largest absolute Gasteiger partial charge is 0.357 e. The maximum absolute atomic E-state index is 13.6. The minimum absolute atomic E-state index is 0.217. The third-order valence-corrected chi connectivity index (χ3v) is 3.04. The molecule has 0 saturated carbocycles. The fraction of sp³-hybridized carbons (Fsp3) is 0.154. The molecular weight excluding hydrogens is 318 g/mol. The van der Waals surface area contributed by atoms with Crippen molar-refractivity contribution in [2.24, 2.45) is 7.05 Å². The van der Waals surface area contributed by atoms with E-state index in [0.29, 0.717) is 0 Å². The molecule has 1 heterocycles. The van der Waals surface area contributed by atoms with Crippen LogP contribution in [0.4, 0.5) is 8.78 Å². The lowest BCUT2D eigenvalue weighted by Crippen LogP contribution is -2.25. The van der Waals surface area contributed by atoms with Crippen LogP contribution in [0.25, 0.3) is 0 Å². The number of hydrogen-bond donors (Lipinski definition) is 1. The van der Waals surface area contributed by atoms with E-state index in [1.807, 2.05) is 30.1 Å². The van der Waals surface area contributed by atoms with Crippen LogP contribution in [0.15, 0.2) is 35.1 Å². The van der Waals surface area contributed by atoms with Crippen molar-refractivity contribution in [1.82, 2.24) is 9.88 Å². The number of carbonyl (C=O) groups is 1. The molecule has 2 rings (SSSR count). The average molecular weight is 329 g/mol. The molecule has 0 atom stereocenters. The summed E-state index contributed by atoms with van der Waals surface area (Å²) in [5, 5.41) is 2.48. The summed E-state index contributed by atoms with van der Waals surface area (Å²) in [6.45, 7) is 0.217. The third-order valence-electron chi connectivity index (χ3n) is 2.58. The minimum atomic E-state index is -0.891. The van der Waals surface area contributed by atoms with Crippen LogP contribution in [-0.4, -0.2) is 10.5 Å². The van der Waals surface area contributed by atoms with Gasteiger partial charge in [-0.2, -0.15) is 0 Å². The molecule has 1 aromatic carbocycles. The number of carbonyl (C=O) groups excluding carboxylic acids is 1. The van der Waals surface area contributed by atoms with Crippen LogP contribution >= 0.6 is 15.9 Å². The van der Waals surface area contributed by atoms with Gasteiger partial charge in [-0.05, 0) is 23.8 Å². The van der Waals surface area contributed by atoms with Crippen molar-refractivity contribution in [3.8, 4) is 0 Å². The van der Waals surface area contributed by atoms with Crippen molar-refractivity contribution in [2.45, 2.75) is 6.54 Å². The number of aryl methyl sites for hydroxylation is 1. The number of rotatable bonds is 3. The first kappa shape index (κ1) is 13.7. The molecule has 6 heteroatoms. The third kappa shape index (κ3) is 3.20. The van der Waals surface area contributed by atoms with E-state index >= 15 is 0 Å². The number of amides is 1. The second-order valence-corrected chi connectivity index (χ2v) is 5.03. The predicted molar refractivity (Wildman–Crippen MR) is 70.6 cm³/mol. The molecule has 0 unspecified atom stereocenters. The highest BCUT2D eigenvalue weighted by Crippen LogP contribution is 2.19. The minimum Gasteiger partial charge on any atom is -0.357 e. The number of hydrogen-bond acceptors (Lipinski definition) is 1. The summed E-state index contributed by atoms with van der Waals surface area (Å²) in [6, 6.07) is 3.93. The maximum Gasteiger partial charge on any atom is 0.257 e. The van der Waals surface area contributed by atoms with Gasteiger partial charge in [0, 0.05) is 30.5 Å². The van der Waals surface area contributed by atoms with E-state index < -0.39 is 23.1 Å². The van der Waals surface area contributed by atoms with Crippen LogP contribution in [0.5, 0.6) is 0 Å². The molecule has 0 radical (unpaired) electrons. The van der Waals surface area contributed by atoms with Crippen molar-refractivity contribution >= 4 is 21.8 Å². The lowest BCUT2D eigenvalue weighted by atomic mass is 10.2. The Morgan fingerprint density at radius 2 is 2.00 bits per heavy atom. The van der Waals surface area contributed by atoms with Gasteiger partial charge in [-0.25, -0.2) is 8.78 Å². The molecular formula is C13H11BrF2N2O. The Kier molecular flexibility index (Phi) is 3.99. The number of aromatic nitrogens is 1. The van der Waals surface area contributed by atoms with Crippen molar-refractivity contribution in [3.63, 3.8) is 0 Å². The Morgan fingerprint density at radius 3 is 2.53 bits per heavy atom. The van der Waals surface area contributed by atoms with Gasteiger partial charge in [-0.3, -0.25) is 4.79 Å². The molecule has 1 N–H and O–H groups in total. The van der Waals surface area contributed by atoms with Crippen molar-refractivity contribution in [3.05, 3.63) is 57.8 Å². The normalized spacial score (nSPS) is 10.5.